The summed E-state index contributed by atoms with van der Waals surface area (Å²) >= 11 is 0. The highest BCUT2D eigenvalue weighted by molar-refractivity contribution is 5.79. The average molecular weight is 218 g/mol. The first-order valence-electron chi connectivity index (χ1n) is 4.87. The molecule has 0 aromatic heterocycles. The number of hydrogen-bond donors (Lipinski definition) is 4. The summed E-state index contributed by atoms with van der Waals surface area (Å²) in [7, 11) is 3.76. The first-order valence-corrected chi connectivity index (χ1v) is 4.87. The highest BCUT2D eigenvalue weighted by Crippen LogP contribution is 2.02. The van der Waals surface area contributed by atoms with Crippen LogP contribution in [0.4, 0.5) is 0 Å². The van der Waals surface area contributed by atoms with Crippen LogP contribution in [0.2, 0.25) is 0 Å². The van der Waals surface area contributed by atoms with Gasteiger partial charge in [0.05, 0.1) is 11.6 Å². The van der Waals surface area contributed by atoms with E-state index in [1.165, 1.54) is 0 Å². The highest BCUT2D eigenvalue weighted by Gasteiger charge is 2.21. The summed E-state index contributed by atoms with van der Waals surface area (Å²) in [4.78, 5) is 12.5. The van der Waals surface area contributed by atoms with Crippen LogP contribution in [-0.4, -0.2) is 61.3 Å². The van der Waals surface area contributed by atoms with Crippen molar-refractivity contribution in [3.8, 4) is 0 Å². The molecule has 0 heterocycles. The van der Waals surface area contributed by atoms with Gasteiger partial charge in [0.2, 0.25) is 5.91 Å². The van der Waals surface area contributed by atoms with E-state index in [-0.39, 0.29) is 6.54 Å². The van der Waals surface area contributed by atoms with Gasteiger partial charge < -0.3 is 26.8 Å². The van der Waals surface area contributed by atoms with E-state index in [9.17, 15) is 9.90 Å². The molecule has 0 aromatic rings. The van der Waals surface area contributed by atoms with E-state index in [0.29, 0.717) is 13.1 Å². The van der Waals surface area contributed by atoms with Gasteiger partial charge in [-0.1, -0.05) is 0 Å². The number of amides is 1. The monoisotopic (exact) mass is 218 g/mol. The van der Waals surface area contributed by atoms with Gasteiger partial charge in [-0.15, -0.1) is 0 Å². The third-order valence-electron chi connectivity index (χ3n) is 1.89. The van der Waals surface area contributed by atoms with Crippen molar-refractivity contribution in [1.82, 2.24) is 10.2 Å². The van der Waals surface area contributed by atoms with Crippen LogP contribution in [0.25, 0.3) is 0 Å². The van der Waals surface area contributed by atoms with Crippen LogP contribution in [0, 0.1) is 0 Å². The fourth-order valence-electron chi connectivity index (χ4n) is 1.33. The molecular formula is C9H22N4O2. The van der Waals surface area contributed by atoms with E-state index in [0.717, 1.165) is 0 Å². The molecular weight excluding hydrogens is 196 g/mol. The lowest BCUT2D eigenvalue weighted by atomic mass is 10.1. The van der Waals surface area contributed by atoms with Crippen LogP contribution in [-0.2, 0) is 4.79 Å². The van der Waals surface area contributed by atoms with E-state index in [2.05, 4.69) is 5.32 Å². The smallest absolute Gasteiger partial charge is 0.235 e. The maximum absolute atomic E-state index is 10.6. The lowest BCUT2D eigenvalue weighted by Gasteiger charge is -2.27. The second kappa shape index (κ2) is 6.02. The number of nitrogens with zero attached hydrogens (tertiary/aromatic N) is 1. The van der Waals surface area contributed by atoms with Crippen LogP contribution in [0.3, 0.4) is 0 Å². The normalized spacial score (nSPS) is 17.5. The Morgan fingerprint density at radius 2 is 2.13 bits per heavy atom. The summed E-state index contributed by atoms with van der Waals surface area (Å²) in [6.45, 7) is 2.90. The Kier molecular flexibility index (Phi) is 5.74. The van der Waals surface area contributed by atoms with Crippen molar-refractivity contribution in [3.05, 3.63) is 0 Å². The van der Waals surface area contributed by atoms with Gasteiger partial charge in [0, 0.05) is 19.6 Å². The molecule has 0 bridgehead atoms. The predicted molar refractivity (Wildman–Crippen MR) is 59.2 cm³/mol. The zero-order valence-corrected chi connectivity index (χ0v) is 9.66. The van der Waals surface area contributed by atoms with Gasteiger partial charge >= 0.3 is 0 Å². The zero-order valence-electron chi connectivity index (χ0n) is 9.66. The van der Waals surface area contributed by atoms with Crippen molar-refractivity contribution in [2.75, 3.05) is 33.7 Å². The van der Waals surface area contributed by atoms with E-state index in [4.69, 9.17) is 11.5 Å². The third kappa shape index (κ3) is 7.26. The highest BCUT2D eigenvalue weighted by atomic mass is 16.3. The summed E-state index contributed by atoms with van der Waals surface area (Å²) < 4.78 is 0. The van der Waals surface area contributed by atoms with Crippen molar-refractivity contribution in [2.24, 2.45) is 11.5 Å². The van der Waals surface area contributed by atoms with Crippen LogP contribution in [0.15, 0.2) is 0 Å². The minimum absolute atomic E-state index is 0.277. The number of carbonyl (C=O) groups is 1. The van der Waals surface area contributed by atoms with E-state index in [1.807, 2.05) is 19.0 Å². The molecule has 6 heteroatoms. The molecule has 2 atom stereocenters. The Morgan fingerprint density at radius 1 is 1.60 bits per heavy atom. The molecule has 0 aromatic carbocycles. The van der Waals surface area contributed by atoms with Crippen LogP contribution >= 0.6 is 0 Å². The number of rotatable bonds is 7. The third-order valence-corrected chi connectivity index (χ3v) is 1.89. The molecule has 0 fully saturated rings. The van der Waals surface area contributed by atoms with Gasteiger partial charge in [-0.3, -0.25) is 4.79 Å². The number of nitrogens with two attached hydrogens (primary N) is 2. The molecule has 0 aliphatic carbocycles. The van der Waals surface area contributed by atoms with Gasteiger partial charge in [0.15, 0.2) is 0 Å². The van der Waals surface area contributed by atoms with Gasteiger partial charge in [0.25, 0.3) is 0 Å². The van der Waals surface area contributed by atoms with Crippen molar-refractivity contribution in [3.63, 3.8) is 0 Å². The quantitative estimate of drug-likeness (QED) is 0.385. The lowest BCUT2D eigenvalue weighted by molar-refractivity contribution is -0.119. The second-order valence-corrected chi connectivity index (χ2v) is 4.37. The van der Waals surface area contributed by atoms with Crippen LogP contribution < -0.4 is 16.8 Å². The molecule has 0 saturated heterocycles. The maximum atomic E-state index is 10.6. The SMILES string of the molecule is CN(C)CC(C)(O)CNCC(N)C(N)=O. The first-order chi connectivity index (χ1) is 6.74. The van der Waals surface area contributed by atoms with Crippen LogP contribution in [0.1, 0.15) is 6.92 Å². The number of hydrogen-bond acceptors (Lipinski definition) is 5. The summed E-state index contributed by atoms with van der Waals surface area (Å²) in [6.07, 6.45) is 0. The Bertz CT molecular complexity index is 206. The van der Waals surface area contributed by atoms with Crippen molar-refractivity contribution in [2.45, 2.75) is 18.6 Å². The minimum atomic E-state index is -0.846. The molecule has 6 N–H and O–H groups in total. The molecule has 15 heavy (non-hydrogen) atoms. The predicted octanol–water partition coefficient (Wildman–Crippen LogP) is -2.30. The van der Waals surface area contributed by atoms with Crippen molar-refractivity contribution >= 4 is 5.91 Å². The second-order valence-electron chi connectivity index (χ2n) is 4.37. The molecule has 1 amide bonds. The van der Waals surface area contributed by atoms with Gasteiger partial charge in [-0.2, -0.15) is 0 Å². The fraction of sp³-hybridized carbons (Fsp3) is 0.889. The summed E-state index contributed by atoms with van der Waals surface area (Å²) in [5.74, 6) is -0.547. The number of likely N-dealkylation sites (N-methyl/N-ethyl adjacent to an activating group) is 1. The van der Waals surface area contributed by atoms with Gasteiger partial charge in [-0.25, -0.2) is 0 Å². The Balaban J connectivity index is 3.79. The summed E-state index contributed by atoms with van der Waals surface area (Å²) in [5.41, 5.74) is 9.56. The standard InChI is InChI=1S/C9H22N4O2/c1-9(15,6-13(2)3)5-12-4-7(10)8(11)14/h7,12,15H,4-6,10H2,1-3H3,(H2,11,14). The van der Waals surface area contributed by atoms with Gasteiger partial charge in [0.1, 0.15) is 0 Å². The van der Waals surface area contributed by atoms with Crippen molar-refractivity contribution < 1.29 is 9.90 Å². The maximum Gasteiger partial charge on any atom is 0.235 e. The van der Waals surface area contributed by atoms with Crippen molar-refractivity contribution in [1.29, 1.82) is 0 Å². The molecule has 0 aliphatic rings. The minimum Gasteiger partial charge on any atom is -0.388 e. The Morgan fingerprint density at radius 3 is 2.53 bits per heavy atom. The molecule has 0 aliphatic heterocycles. The number of carbonyl (C=O) groups excluding carboxylic acids is 1. The zero-order chi connectivity index (χ0) is 12.1. The summed E-state index contributed by atoms with van der Waals surface area (Å²) in [6, 6.07) is -0.708. The molecule has 0 spiro atoms. The van der Waals surface area contributed by atoms with E-state index in [1.54, 1.807) is 6.92 Å². The molecule has 0 radical (unpaired) electrons. The molecule has 6 nitrogen and oxygen atoms in total. The largest absolute Gasteiger partial charge is 0.388 e. The first kappa shape index (κ1) is 14.3. The molecule has 0 saturated carbocycles. The molecule has 2 unspecified atom stereocenters. The number of primary amides is 1. The molecule has 90 valence electrons. The molecule has 0 rings (SSSR count). The lowest BCUT2D eigenvalue weighted by Crippen LogP contribution is -2.50. The topological polar surface area (TPSA) is 105 Å². The fourth-order valence-corrected chi connectivity index (χ4v) is 1.33. The van der Waals surface area contributed by atoms with Gasteiger partial charge in [-0.05, 0) is 21.0 Å². The van der Waals surface area contributed by atoms with E-state index >= 15 is 0 Å². The number of aliphatic hydroxyl groups is 1. The Labute approximate surface area is 90.6 Å². The van der Waals surface area contributed by atoms with Crippen LogP contribution in [0.5, 0.6) is 0 Å². The van der Waals surface area contributed by atoms with E-state index < -0.39 is 17.6 Å². The number of nitrogens with one attached hydrogen (secondary N) is 1. The Hall–Kier alpha value is -0.690. The average Bonchev–Trinajstić information content (AvgIpc) is 2.00. The summed E-state index contributed by atoms with van der Waals surface area (Å²) in [5, 5.41) is 12.8.